The lowest BCUT2D eigenvalue weighted by molar-refractivity contribution is -0.142. The molecule has 1 aromatic rings. The number of halogens is 1. The van der Waals surface area contributed by atoms with Crippen molar-refractivity contribution in [1.29, 1.82) is 0 Å². The number of nitrogens with two attached hydrogens (primary N) is 1. The average molecular weight is 228 g/mol. The number of esters is 1. The highest BCUT2D eigenvalue weighted by Crippen LogP contribution is 2.26. The van der Waals surface area contributed by atoms with Crippen molar-refractivity contribution >= 4 is 23.3 Å². The van der Waals surface area contributed by atoms with Gasteiger partial charge in [-0.3, -0.25) is 4.79 Å². The molecule has 0 radical (unpaired) electrons. The molecular weight excluding hydrogens is 214 g/mol. The zero-order valence-electron chi connectivity index (χ0n) is 8.84. The Kier molecular flexibility index (Phi) is 3.97. The molecule has 0 aromatic heterocycles. The SMILES string of the molecule is CCOC(=O)Cc1c(C)ccc(N)c1Cl. The van der Waals surface area contributed by atoms with E-state index >= 15 is 0 Å². The third-order valence-corrected chi connectivity index (χ3v) is 2.58. The highest BCUT2D eigenvalue weighted by Gasteiger charge is 2.12. The van der Waals surface area contributed by atoms with Gasteiger partial charge in [0.25, 0.3) is 0 Å². The minimum absolute atomic E-state index is 0.170. The van der Waals surface area contributed by atoms with Gasteiger partial charge >= 0.3 is 5.97 Å². The molecule has 0 saturated heterocycles. The zero-order chi connectivity index (χ0) is 11.4. The molecule has 2 N–H and O–H groups in total. The Labute approximate surface area is 94.2 Å². The van der Waals surface area contributed by atoms with Crippen LogP contribution in [0.25, 0.3) is 0 Å². The largest absolute Gasteiger partial charge is 0.466 e. The van der Waals surface area contributed by atoms with E-state index in [2.05, 4.69) is 0 Å². The second-order valence-corrected chi connectivity index (χ2v) is 3.62. The molecule has 0 saturated carbocycles. The van der Waals surface area contributed by atoms with E-state index in [0.717, 1.165) is 11.1 Å². The molecule has 0 aliphatic heterocycles. The summed E-state index contributed by atoms with van der Waals surface area (Å²) in [6.07, 6.45) is 0.170. The first kappa shape index (κ1) is 11.9. The maximum atomic E-state index is 11.3. The van der Waals surface area contributed by atoms with Crippen molar-refractivity contribution in [1.82, 2.24) is 0 Å². The van der Waals surface area contributed by atoms with Gasteiger partial charge < -0.3 is 10.5 Å². The van der Waals surface area contributed by atoms with Crippen LogP contribution in [0.1, 0.15) is 18.1 Å². The summed E-state index contributed by atoms with van der Waals surface area (Å²) in [7, 11) is 0. The Morgan fingerprint density at radius 3 is 2.80 bits per heavy atom. The Hall–Kier alpha value is -1.22. The quantitative estimate of drug-likeness (QED) is 0.637. The predicted molar refractivity (Wildman–Crippen MR) is 60.9 cm³/mol. The molecule has 0 aliphatic rings. The molecule has 4 heteroatoms. The number of anilines is 1. The minimum atomic E-state index is -0.284. The summed E-state index contributed by atoms with van der Waals surface area (Å²) in [6, 6.07) is 3.57. The molecule has 0 bridgehead atoms. The molecule has 0 spiro atoms. The van der Waals surface area contributed by atoms with E-state index in [1.807, 2.05) is 13.0 Å². The second-order valence-electron chi connectivity index (χ2n) is 3.25. The average Bonchev–Trinajstić information content (AvgIpc) is 2.19. The fourth-order valence-corrected chi connectivity index (χ4v) is 1.59. The molecule has 1 aromatic carbocycles. The van der Waals surface area contributed by atoms with Crippen molar-refractivity contribution in [3.05, 3.63) is 28.3 Å². The first-order valence-electron chi connectivity index (χ1n) is 4.75. The number of ether oxygens (including phenoxy) is 1. The number of carbonyl (C=O) groups excluding carboxylic acids is 1. The molecule has 0 amide bonds. The van der Waals surface area contributed by atoms with Gasteiger partial charge in [0.05, 0.1) is 23.7 Å². The smallest absolute Gasteiger partial charge is 0.310 e. The molecule has 15 heavy (non-hydrogen) atoms. The number of hydrogen-bond donors (Lipinski definition) is 1. The van der Waals surface area contributed by atoms with E-state index in [0.29, 0.717) is 17.3 Å². The molecule has 0 aliphatic carbocycles. The van der Waals surface area contributed by atoms with Gasteiger partial charge in [-0.2, -0.15) is 0 Å². The van der Waals surface area contributed by atoms with Crippen LogP contribution >= 0.6 is 11.6 Å². The third kappa shape index (κ3) is 2.86. The van der Waals surface area contributed by atoms with Crippen LogP contribution in [0.2, 0.25) is 5.02 Å². The summed E-state index contributed by atoms with van der Waals surface area (Å²) < 4.78 is 4.86. The van der Waals surface area contributed by atoms with E-state index in [1.54, 1.807) is 13.0 Å². The zero-order valence-corrected chi connectivity index (χ0v) is 9.60. The van der Waals surface area contributed by atoms with Gasteiger partial charge in [0.2, 0.25) is 0 Å². The van der Waals surface area contributed by atoms with E-state index < -0.39 is 0 Å². The van der Waals surface area contributed by atoms with Crippen molar-refractivity contribution in [3.63, 3.8) is 0 Å². The first-order chi connectivity index (χ1) is 7.06. The Bertz CT molecular complexity index is 377. The van der Waals surface area contributed by atoms with Gasteiger partial charge in [0.15, 0.2) is 0 Å². The molecular formula is C11H14ClNO2. The topological polar surface area (TPSA) is 52.3 Å². The Balaban J connectivity index is 2.93. The van der Waals surface area contributed by atoms with Crippen LogP contribution in [-0.4, -0.2) is 12.6 Å². The minimum Gasteiger partial charge on any atom is -0.466 e. The van der Waals surface area contributed by atoms with Crippen LogP contribution < -0.4 is 5.73 Å². The molecule has 0 fully saturated rings. The Morgan fingerprint density at radius 2 is 2.20 bits per heavy atom. The van der Waals surface area contributed by atoms with Crippen LogP contribution in [-0.2, 0) is 16.0 Å². The van der Waals surface area contributed by atoms with Gasteiger partial charge in [-0.1, -0.05) is 17.7 Å². The molecule has 0 heterocycles. The first-order valence-corrected chi connectivity index (χ1v) is 5.13. The summed E-state index contributed by atoms with van der Waals surface area (Å²) >= 11 is 6.01. The van der Waals surface area contributed by atoms with E-state index in [4.69, 9.17) is 22.1 Å². The molecule has 0 unspecified atom stereocenters. The molecule has 0 atom stereocenters. The van der Waals surface area contributed by atoms with Crippen LogP contribution in [0.3, 0.4) is 0 Å². The summed E-state index contributed by atoms with van der Waals surface area (Å²) in [5, 5.41) is 0.447. The summed E-state index contributed by atoms with van der Waals surface area (Å²) in [5.41, 5.74) is 7.83. The van der Waals surface area contributed by atoms with Crippen molar-refractivity contribution in [2.45, 2.75) is 20.3 Å². The molecule has 82 valence electrons. The lowest BCUT2D eigenvalue weighted by atomic mass is 10.0. The Morgan fingerprint density at radius 1 is 1.53 bits per heavy atom. The fourth-order valence-electron chi connectivity index (χ4n) is 1.31. The summed E-state index contributed by atoms with van der Waals surface area (Å²) in [6.45, 7) is 4.03. The third-order valence-electron chi connectivity index (χ3n) is 2.13. The van der Waals surface area contributed by atoms with Crippen LogP contribution in [0.5, 0.6) is 0 Å². The predicted octanol–water partition coefficient (Wildman–Crippen LogP) is 2.34. The van der Waals surface area contributed by atoms with Crippen LogP contribution in [0.4, 0.5) is 5.69 Å². The van der Waals surface area contributed by atoms with E-state index in [-0.39, 0.29) is 12.4 Å². The van der Waals surface area contributed by atoms with Gasteiger partial charge in [-0.15, -0.1) is 0 Å². The normalized spacial score (nSPS) is 10.1. The molecule has 1 rings (SSSR count). The molecule has 3 nitrogen and oxygen atoms in total. The van der Waals surface area contributed by atoms with Crippen molar-refractivity contribution < 1.29 is 9.53 Å². The number of hydrogen-bond acceptors (Lipinski definition) is 3. The number of nitrogen functional groups attached to an aromatic ring is 1. The van der Waals surface area contributed by atoms with Crippen molar-refractivity contribution in [2.75, 3.05) is 12.3 Å². The van der Waals surface area contributed by atoms with Gasteiger partial charge in [-0.05, 0) is 31.0 Å². The standard InChI is InChI=1S/C11H14ClNO2/c1-3-15-10(14)6-8-7(2)4-5-9(13)11(8)12/h4-5H,3,6,13H2,1-2H3. The van der Waals surface area contributed by atoms with Crippen molar-refractivity contribution in [2.24, 2.45) is 0 Å². The summed E-state index contributed by atoms with van der Waals surface area (Å²) in [5.74, 6) is -0.284. The van der Waals surface area contributed by atoms with E-state index in [9.17, 15) is 4.79 Å². The lowest BCUT2D eigenvalue weighted by Gasteiger charge is -2.09. The van der Waals surface area contributed by atoms with Crippen LogP contribution in [0.15, 0.2) is 12.1 Å². The number of carbonyl (C=O) groups is 1. The number of benzene rings is 1. The lowest BCUT2D eigenvalue weighted by Crippen LogP contribution is -2.09. The highest BCUT2D eigenvalue weighted by molar-refractivity contribution is 6.34. The second kappa shape index (κ2) is 5.03. The monoisotopic (exact) mass is 227 g/mol. The van der Waals surface area contributed by atoms with E-state index in [1.165, 1.54) is 0 Å². The highest BCUT2D eigenvalue weighted by atomic mass is 35.5. The maximum absolute atomic E-state index is 11.3. The van der Waals surface area contributed by atoms with Gasteiger partial charge in [-0.25, -0.2) is 0 Å². The maximum Gasteiger partial charge on any atom is 0.310 e. The summed E-state index contributed by atoms with van der Waals surface area (Å²) in [4.78, 5) is 11.3. The fraction of sp³-hybridized carbons (Fsp3) is 0.364. The van der Waals surface area contributed by atoms with Crippen molar-refractivity contribution in [3.8, 4) is 0 Å². The van der Waals surface area contributed by atoms with Gasteiger partial charge in [0, 0.05) is 0 Å². The van der Waals surface area contributed by atoms with Crippen LogP contribution in [0, 0.1) is 6.92 Å². The number of aryl methyl sites for hydroxylation is 1. The number of rotatable bonds is 3. The van der Waals surface area contributed by atoms with Gasteiger partial charge in [0.1, 0.15) is 0 Å².